The van der Waals surface area contributed by atoms with E-state index >= 15 is 0 Å². The summed E-state index contributed by atoms with van der Waals surface area (Å²) in [5.41, 5.74) is 3.11. The van der Waals surface area contributed by atoms with Crippen LogP contribution in [-0.4, -0.2) is 6.54 Å². The maximum Gasteiger partial charge on any atom is 0.123 e. The van der Waals surface area contributed by atoms with E-state index in [4.69, 9.17) is 11.6 Å². The van der Waals surface area contributed by atoms with Crippen LogP contribution in [0.3, 0.4) is 0 Å². The molecule has 2 aromatic carbocycles. The van der Waals surface area contributed by atoms with Gasteiger partial charge < -0.3 is 5.32 Å². The summed E-state index contributed by atoms with van der Waals surface area (Å²) in [6, 6.07) is 11.0. The SMILES string of the molecule is CCNC(Cc1cc(F)ccc1Br)c1ccc(C)c(Cl)c1. The minimum absolute atomic E-state index is 0.103. The predicted molar refractivity (Wildman–Crippen MR) is 90.4 cm³/mol. The fourth-order valence-corrected chi connectivity index (χ4v) is 2.90. The van der Waals surface area contributed by atoms with E-state index in [0.29, 0.717) is 6.42 Å². The molecule has 0 aliphatic rings. The standard InChI is InChI=1S/C17H18BrClFN/c1-3-21-17(12-5-4-11(2)16(19)9-12)10-13-8-14(20)6-7-15(13)18/h4-9,17,21H,3,10H2,1-2H3. The summed E-state index contributed by atoms with van der Waals surface area (Å²) >= 11 is 9.71. The molecule has 1 atom stereocenters. The Labute approximate surface area is 138 Å². The molecule has 2 rings (SSSR count). The number of halogens is 3. The number of rotatable bonds is 5. The monoisotopic (exact) mass is 369 g/mol. The van der Waals surface area contributed by atoms with Gasteiger partial charge in [-0.2, -0.15) is 0 Å². The van der Waals surface area contributed by atoms with Gasteiger partial charge in [-0.05, 0) is 60.8 Å². The van der Waals surface area contributed by atoms with Gasteiger partial charge in [-0.15, -0.1) is 0 Å². The summed E-state index contributed by atoms with van der Waals surface area (Å²) in [6.07, 6.45) is 0.700. The maximum atomic E-state index is 13.4. The van der Waals surface area contributed by atoms with E-state index in [1.807, 2.05) is 19.1 Å². The zero-order valence-electron chi connectivity index (χ0n) is 12.1. The average molecular weight is 371 g/mol. The number of aryl methyl sites for hydroxylation is 1. The van der Waals surface area contributed by atoms with Gasteiger partial charge in [0.15, 0.2) is 0 Å². The van der Waals surface area contributed by atoms with Gasteiger partial charge >= 0.3 is 0 Å². The molecule has 1 unspecified atom stereocenters. The number of benzene rings is 2. The summed E-state index contributed by atoms with van der Waals surface area (Å²) < 4.78 is 14.4. The van der Waals surface area contributed by atoms with Crippen LogP contribution in [0.2, 0.25) is 5.02 Å². The molecule has 21 heavy (non-hydrogen) atoms. The molecular weight excluding hydrogens is 353 g/mol. The smallest absolute Gasteiger partial charge is 0.123 e. The van der Waals surface area contributed by atoms with Crippen LogP contribution in [0.1, 0.15) is 29.7 Å². The van der Waals surface area contributed by atoms with E-state index < -0.39 is 0 Å². The molecule has 1 N–H and O–H groups in total. The number of hydrogen-bond donors (Lipinski definition) is 1. The molecule has 0 aromatic heterocycles. The molecule has 0 bridgehead atoms. The first-order chi connectivity index (χ1) is 10.0. The van der Waals surface area contributed by atoms with Gasteiger partial charge in [0, 0.05) is 15.5 Å². The Hall–Kier alpha value is -0.900. The summed E-state index contributed by atoms with van der Waals surface area (Å²) in [5, 5.41) is 4.20. The minimum Gasteiger partial charge on any atom is -0.310 e. The number of hydrogen-bond acceptors (Lipinski definition) is 1. The van der Waals surface area contributed by atoms with E-state index in [0.717, 1.165) is 32.7 Å². The Bertz CT molecular complexity index is 630. The van der Waals surface area contributed by atoms with Crippen molar-refractivity contribution in [2.75, 3.05) is 6.54 Å². The highest BCUT2D eigenvalue weighted by molar-refractivity contribution is 9.10. The van der Waals surface area contributed by atoms with Crippen molar-refractivity contribution in [3.63, 3.8) is 0 Å². The molecule has 0 saturated heterocycles. The van der Waals surface area contributed by atoms with Crippen LogP contribution in [0, 0.1) is 12.7 Å². The lowest BCUT2D eigenvalue weighted by molar-refractivity contribution is 0.545. The second kappa shape index (κ2) is 7.39. The fourth-order valence-electron chi connectivity index (χ4n) is 2.30. The van der Waals surface area contributed by atoms with E-state index in [2.05, 4.69) is 34.2 Å². The lowest BCUT2D eigenvalue weighted by Crippen LogP contribution is -2.23. The first-order valence-electron chi connectivity index (χ1n) is 6.94. The molecule has 0 saturated carbocycles. The van der Waals surface area contributed by atoms with Gasteiger partial charge in [-0.1, -0.05) is 46.6 Å². The zero-order valence-corrected chi connectivity index (χ0v) is 14.4. The van der Waals surface area contributed by atoms with Crippen molar-refractivity contribution in [2.24, 2.45) is 0 Å². The molecule has 0 fully saturated rings. The van der Waals surface area contributed by atoms with Gasteiger partial charge in [-0.25, -0.2) is 4.39 Å². The molecule has 0 amide bonds. The predicted octanol–water partition coefficient (Wildman–Crippen LogP) is 5.44. The van der Waals surface area contributed by atoms with Crippen LogP contribution >= 0.6 is 27.5 Å². The Kier molecular flexibility index (Phi) is 5.80. The molecule has 2 aromatic rings. The van der Waals surface area contributed by atoms with Crippen molar-refractivity contribution < 1.29 is 4.39 Å². The lowest BCUT2D eigenvalue weighted by Gasteiger charge is -2.20. The molecule has 0 aliphatic carbocycles. The van der Waals surface area contributed by atoms with Crippen molar-refractivity contribution >= 4 is 27.5 Å². The van der Waals surface area contributed by atoms with Crippen molar-refractivity contribution in [1.82, 2.24) is 5.32 Å². The first-order valence-corrected chi connectivity index (χ1v) is 8.11. The topological polar surface area (TPSA) is 12.0 Å². The van der Waals surface area contributed by atoms with Gasteiger partial charge in [0.2, 0.25) is 0 Å². The van der Waals surface area contributed by atoms with Gasteiger partial charge in [0.25, 0.3) is 0 Å². The normalized spacial score (nSPS) is 12.4. The van der Waals surface area contributed by atoms with E-state index in [1.54, 1.807) is 12.1 Å². The zero-order chi connectivity index (χ0) is 15.4. The van der Waals surface area contributed by atoms with Crippen molar-refractivity contribution in [3.8, 4) is 0 Å². The molecule has 0 spiro atoms. The van der Waals surface area contributed by atoms with Crippen LogP contribution in [0.15, 0.2) is 40.9 Å². The number of nitrogens with one attached hydrogen (secondary N) is 1. The largest absolute Gasteiger partial charge is 0.310 e. The van der Waals surface area contributed by atoms with Crippen molar-refractivity contribution in [1.29, 1.82) is 0 Å². The highest BCUT2D eigenvalue weighted by Gasteiger charge is 2.14. The van der Waals surface area contributed by atoms with Crippen molar-refractivity contribution in [2.45, 2.75) is 26.3 Å². The maximum absolute atomic E-state index is 13.4. The lowest BCUT2D eigenvalue weighted by atomic mass is 9.98. The highest BCUT2D eigenvalue weighted by Crippen LogP contribution is 2.27. The van der Waals surface area contributed by atoms with Gasteiger partial charge in [-0.3, -0.25) is 0 Å². The Balaban J connectivity index is 2.30. The van der Waals surface area contributed by atoms with Crippen LogP contribution in [0.25, 0.3) is 0 Å². The van der Waals surface area contributed by atoms with Gasteiger partial charge in [0.1, 0.15) is 5.82 Å². The minimum atomic E-state index is -0.217. The summed E-state index contributed by atoms with van der Waals surface area (Å²) in [7, 11) is 0. The van der Waals surface area contributed by atoms with Crippen LogP contribution in [0.4, 0.5) is 4.39 Å². The van der Waals surface area contributed by atoms with E-state index in [9.17, 15) is 4.39 Å². The molecular formula is C17H18BrClFN. The second-order valence-corrected chi connectivity index (χ2v) is 6.32. The third kappa shape index (κ3) is 4.29. The molecule has 112 valence electrons. The highest BCUT2D eigenvalue weighted by atomic mass is 79.9. The van der Waals surface area contributed by atoms with Crippen LogP contribution < -0.4 is 5.32 Å². The molecule has 0 heterocycles. The van der Waals surface area contributed by atoms with Crippen LogP contribution in [-0.2, 0) is 6.42 Å². The molecule has 0 aliphatic heterocycles. The summed E-state index contributed by atoms with van der Waals surface area (Å²) in [5.74, 6) is -0.217. The first kappa shape index (κ1) is 16.5. The average Bonchev–Trinajstić information content (AvgIpc) is 2.45. The third-order valence-electron chi connectivity index (χ3n) is 3.48. The Morgan fingerprint density at radius 2 is 2.00 bits per heavy atom. The molecule has 0 radical (unpaired) electrons. The summed E-state index contributed by atoms with van der Waals surface area (Å²) in [4.78, 5) is 0. The Morgan fingerprint density at radius 1 is 1.24 bits per heavy atom. The van der Waals surface area contributed by atoms with Gasteiger partial charge in [0.05, 0.1) is 0 Å². The van der Waals surface area contributed by atoms with E-state index in [1.165, 1.54) is 6.07 Å². The van der Waals surface area contributed by atoms with Crippen LogP contribution in [0.5, 0.6) is 0 Å². The van der Waals surface area contributed by atoms with Crippen molar-refractivity contribution in [3.05, 3.63) is 68.4 Å². The Morgan fingerprint density at radius 3 is 2.67 bits per heavy atom. The van der Waals surface area contributed by atoms with E-state index in [-0.39, 0.29) is 11.9 Å². The quantitative estimate of drug-likeness (QED) is 0.738. The molecule has 4 heteroatoms. The summed E-state index contributed by atoms with van der Waals surface area (Å²) in [6.45, 7) is 4.88. The fraction of sp³-hybridized carbons (Fsp3) is 0.294. The second-order valence-electron chi connectivity index (χ2n) is 5.06. The molecule has 1 nitrogen and oxygen atoms in total. The third-order valence-corrected chi connectivity index (χ3v) is 4.66. The number of likely N-dealkylation sites (N-methyl/N-ethyl adjacent to an activating group) is 1.